The van der Waals surface area contributed by atoms with Crippen LogP contribution in [-0.2, 0) is 18.5 Å². The van der Waals surface area contributed by atoms with Crippen molar-refractivity contribution in [1.82, 2.24) is 20.6 Å². The molecule has 0 saturated carbocycles. The topological polar surface area (TPSA) is 75.3 Å². The van der Waals surface area contributed by atoms with E-state index < -0.39 is 0 Å². The van der Waals surface area contributed by atoms with Crippen LogP contribution in [0.2, 0.25) is 0 Å². The first kappa shape index (κ1) is 23.3. The van der Waals surface area contributed by atoms with Crippen LogP contribution in [0, 0.1) is 6.92 Å². The number of oxazole rings is 1. The second-order valence-corrected chi connectivity index (χ2v) is 8.61. The van der Waals surface area contributed by atoms with Gasteiger partial charge in [-0.2, -0.15) is 0 Å². The van der Waals surface area contributed by atoms with Crippen molar-refractivity contribution in [2.24, 2.45) is 4.99 Å². The number of benzene rings is 1. The number of hydrogen-bond donors (Lipinski definition) is 2. The molecule has 0 saturated heterocycles. The van der Waals surface area contributed by atoms with Crippen LogP contribution >= 0.6 is 35.3 Å². The fraction of sp³-hybridized carbons (Fsp3) is 0.381. The van der Waals surface area contributed by atoms with Crippen molar-refractivity contribution in [3.05, 3.63) is 57.9 Å². The standard InChI is InChI=1S/C21H27N5OS.HI/c1-14-6-8-15(9-7-14)19-25-16(12-27-19)10-23-20(22-5)24-11-18-26-17(13-28-18)21(2,3)4;/h6-9,12-13H,10-11H2,1-5H3,(H2,22,23,24);1H. The molecule has 0 aliphatic rings. The molecule has 8 heteroatoms. The van der Waals surface area contributed by atoms with Gasteiger partial charge < -0.3 is 15.1 Å². The lowest BCUT2D eigenvalue weighted by atomic mass is 9.93. The molecule has 0 unspecified atom stereocenters. The molecule has 0 radical (unpaired) electrons. The van der Waals surface area contributed by atoms with Crippen LogP contribution in [0.1, 0.15) is 42.7 Å². The Labute approximate surface area is 193 Å². The number of thiazole rings is 1. The number of aliphatic imine (C=N–C) groups is 1. The third-order valence-electron chi connectivity index (χ3n) is 4.24. The van der Waals surface area contributed by atoms with E-state index in [0.717, 1.165) is 22.0 Å². The van der Waals surface area contributed by atoms with Gasteiger partial charge in [0.2, 0.25) is 5.89 Å². The first-order chi connectivity index (χ1) is 13.3. The molecule has 0 atom stereocenters. The third kappa shape index (κ3) is 6.53. The van der Waals surface area contributed by atoms with Gasteiger partial charge in [-0.3, -0.25) is 4.99 Å². The third-order valence-corrected chi connectivity index (χ3v) is 5.09. The summed E-state index contributed by atoms with van der Waals surface area (Å²) in [6, 6.07) is 8.12. The molecule has 156 valence electrons. The zero-order valence-corrected chi connectivity index (χ0v) is 20.6. The van der Waals surface area contributed by atoms with E-state index in [9.17, 15) is 0 Å². The fourth-order valence-corrected chi connectivity index (χ4v) is 3.47. The minimum atomic E-state index is 0. The Morgan fingerprint density at radius 1 is 1.10 bits per heavy atom. The Bertz CT molecular complexity index is 941. The Morgan fingerprint density at radius 3 is 2.41 bits per heavy atom. The zero-order valence-electron chi connectivity index (χ0n) is 17.4. The summed E-state index contributed by atoms with van der Waals surface area (Å²) in [5.74, 6) is 1.32. The van der Waals surface area contributed by atoms with Gasteiger partial charge in [0.25, 0.3) is 0 Å². The second kappa shape index (κ2) is 10.2. The van der Waals surface area contributed by atoms with Crippen molar-refractivity contribution < 1.29 is 4.42 Å². The summed E-state index contributed by atoms with van der Waals surface area (Å²) < 4.78 is 5.60. The van der Waals surface area contributed by atoms with Crippen LogP contribution in [0.3, 0.4) is 0 Å². The largest absolute Gasteiger partial charge is 0.444 e. The summed E-state index contributed by atoms with van der Waals surface area (Å²) in [5.41, 5.74) is 4.18. The number of rotatable bonds is 5. The van der Waals surface area contributed by atoms with E-state index in [1.807, 2.05) is 24.3 Å². The van der Waals surface area contributed by atoms with Gasteiger partial charge in [0.05, 0.1) is 24.5 Å². The zero-order chi connectivity index (χ0) is 20.1. The summed E-state index contributed by atoms with van der Waals surface area (Å²) in [6.07, 6.45) is 1.67. The van der Waals surface area contributed by atoms with Crippen LogP contribution in [0.15, 0.2) is 45.3 Å². The van der Waals surface area contributed by atoms with Gasteiger partial charge in [-0.1, -0.05) is 38.5 Å². The van der Waals surface area contributed by atoms with Crippen LogP contribution in [0.4, 0.5) is 0 Å². The molecule has 0 fully saturated rings. The van der Waals surface area contributed by atoms with Gasteiger partial charge in [-0.25, -0.2) is 9.97 Å². The van der Waals surface area contributed by atoms with E-state index in [-0.39, 0.29) is 29.4 Å². The number of nitrogens with one attached hydrogen (secondary N) is 2. The van der Waals surface area contributed by atoms with E-state index >= 15 is 0 Å². The highest BCUT2D eigenvalue weighted by molar-refractivity contribution is 14.0. The predicted octanol–water partition coefficient (Wildman–Crippen LogP) is 4.89. The lowest BCUT2D eigenvalue weighted by Gasteiger charge is -2.14. The molecule has 0 bridgehead atoms. The molecule has 0 aliphatic carbocycles. The summed E-state index contributed by atoms with van der Waals surface area (Å²) in [7, 11) is 1.75. The van der Waals surface area contributed by atoms with E-state index in [4.69, 9.17) is 9.40 Å². The highest BCUT2D eigenvalue weighted by atomic mass is 127. The van der Waals surface area contributed by atoms with E-state index in [1.54, 1.807) is 24.6 Å². The van der Waals surface area contributed by atoms with Gasteiger partial charge in [0.15, 0.2) is 5.96 Å². The average Bonchev–Trinajstić information content (AvgIpc) is 3.32. The summed E-state index contributed by atoms with van der Waals surface area (Å²) in [4.78, 5) is 13.5. The molecule has 3 aromatic rings. The maximum atomic E-state index is 5.60. The van der Waals surface area contributed by atoms with E-state index in [1.165, 1.54) is 5.56 Å². The normalized spacial score (nSPS) is 11.8. The molecular formula is C21H28IN5OS. The molecule has 3 rings (SSSR count). The van der Waals surface area contributed by atoms with Gasteiger partial charge in [-0.15, -0.1) is 35.3 Å². The Kier molecular flexibility index (Phi) is 8.21. The predicted molar refractivity (Wildman–Crippen MR) is 130 cm³/mol. The molecule has 2 N–H and O–H groups in total. The molecule has 2 heterocycles. The number of aromatic nitrogens is 2. The number of nitrogens with zero attached hydrogens (tertiary/aromatic N) is 3. The lowest BCUT2D eigenvalue weighted by molar-refractivity contribution is 0.570. The summed E-state index contributed by atoms with van der Waals surface area (Å²) in [5, 5.41) is 9.71. The maximum absolute atomic E-state index is 5.60. The van der Waals surface area contributed by atoms with Crippen molar-refractivity contribution in [1.29, 1.82) is 0 Å². The minimum absolute atomic E-state index is 0. The number of aryl methyl sites for hydroxylation is 1. The van der Waals surface area contributed by atoms with Crippen LogP contribution in [-0.4, -0.2) is 23.0 Å². The van der Waals surface area contributed by atoms with Crippen molar-refractivity contribution in [2.75, 3.05) is 7.05 Å². The van der Waals surface area contributed by atoms with Gasteiger partial charge >= 0.3 is 0 Å². The Balaban J connectivity index is 0.00000300. The highest BCUT2D eigenvalue weighted by Gasteiger charge is 2.17. The van der Waals surface area contributed by atoms with E-state index in [0.29, 0.717) is 24.9 Å². The molecule has 0 aliphatic heterocycles. The number of halogens is 1. The number of hydrogen-bond acceptors (Lipinski definition) is 5. The molecule has 6 nitrogen and oxygen atoms in total. The maximum Gasteiger partial charge on any atom is 0.226 e. The molecule has 2 aromatic heterocycles. The lowest BCUT2D eigenvalue weighted by Crippen LogP contribution is -2.36. The fourth-order valence-electron chi connectivity index (χ4n) is 2.51. The molecule has 0 spiro atoms. The number of guanidine groups is 1. The summed E-state index contributed by atoms with van der Waals surface area (Å²) in [6.45, 7) is 9.73. The van der Waals surface area contributed by atoms with Crippen LogP contribution in [0.25, 0.3) is 11.5 Å². The molecular weight excluding hydrogens is 497 g/mol. The van der Waals surface area contributed by atoms with Gasteiger partial charge in [0.1, 0.15) is 11.3 Å². The Hall–Kier alpha value is -1.94. The minimum Gasteiger partial charge on any atom is -0.444 e. The average molecular weight is 525 g/mol. The monoisotopic (exact) mass is 525 g/mol. The smallest absolute Gasteiger partial charge is 0.226 e. The van der Waals surface area contributed by atoms with Gasteiger partial charge in [0, 0.05) is 23.4 Å². The molecule has 29 heavy (non-hydrogen) atoms. The first-order valence-corrected chi connectivity index (χ1v) is 10.1. The van der Waals surface area contributed by atoms with Crippen molar-refractivity contribution in [3.63, 3.8) is 0 Å². The van der Waals surface area contributed by atoms with Crippen molar-refractivity contribution >= 4 is 41.3 Å². The van der Waals surface area contributed by atoms with Crippen molar-refractivity contribution in [3.8, 4) is 11.5 Å². The van der Waals surface area contributed by atoms with E-state index in [2.05, 4.69) is 53.7 Å². The molecule has 0 amide bonds. The quantitative estimate of drug-likeness (QED) is 0.282. The SMILES string of the molecule is CN=C(NCc1coc(-c2ccc(C)cc2)n1)NCc1nc(C(C)(C)C)cs1.I. The van der Waals surface area contributed by atoms with Crippen LogP contribution < -0.4 is 10.6 Å². The van der Waals surface area contributed by atoms with Crippen LogP contribution in [0.5, 0.6) is 0 Å². The highest BCUT2D eigenvalue weighted by Crippen LogP contribution is 2.23. The first-order valence-electron chi connectivity index (χ1n) is 9.26. The van der Waals surface area contributed by atoms with Crippen molar-refractivity contribution in [2.45, 2.75) is 46.2 Å². The Morgan fingerprint density at radius 2 is 1.79 bits per heavy atom. The summed E-state index contributed by atoms with van der Waals surface area (Å²) >= 11 is 1.66. The molecule has 1 aromatic carbocycles. The van der Waals surface area contributed by atoms with Gasteiger partial charge in [-0.05, 0) is 19.1 Å². The second-order valence-electron chi connectivity index (χ2n) is 7.67.